The highest BCUT2D eigenvalue weighted by Crippen LogP contribution is 2.19. The molecule has 4 nitrogen and oxygen atoms in total. The fourth-order valence-electron chi connectivity index (χ4n) is 1.50. The Bertz CT molecular complexity index is 472. The van der Waals surface area contributed by atoms with E-state index in [1.807, 2.05) is 7.05 Å². The van der Waals surface area contributed by atoms with E-state index in [9.17, 15) is 0 Å². The van der Waals surface area contributed by atoms with Gasteiger partial charge in [0.1, 0.15) is 0 Å². The molecule has 0 saturated heterocycles. The second-order valence-corrected chi connectivity index (χ2v) is 4.64. The maximum Gasteiger partial charge on any atom is 0.0774 e. The minimum absolute atomic E-state index is 0.722. The molecule has 0 aliphatic rings. The molecule has 0 radical (unpaired) electrons. The van der Waals surface area contributed by atoms with Crippen LogP contribution in [0.15, 0.2) is 28.9 Å². The van der Waals surface area contributed by atoms with Crippen molar-refractivity contribution in [1.29, 1.82) is 0 Å². The molecule has 5 heteroatoms. The SMILES string of the molecule is Cc1cc(Br)cc(NCc2cnnn2C)c1. The minimum Gasteiger partial charge on any atom is -0.379 e. The summed E-state index contributed by atoms with van der Waals surface area (Å²) in [5.74, 6) is 0. The smallest absolute Gasteiger partial charge is 0.0774 e. The van der Waals surface area contributed by atoms with E-state index in [1.54, 1.807) is 10.9 Å². The van der Waals surface area contributed by atoms with Gasteiger partial charge in [0.2, 0.25) is 0 Å². The quantitative estimate of drug-likeness (QED) is 0.940. The number of halogens is 1. The molecule has 84 valence electrons. The van der Waals surface area contributed by atoms with Crippen molar-refractivity contribution in [3.8, 4) is 0 Å². The lowest BCUT2D eigenvalue weighted by Gasteiger charge is -2.07. The second-order valence-electron chi connectivity index (χ2n) is 3.72. The summed E-state index contributed by atoms with van der Waals surface area (Å²) in [4.78, 5) is 0. The van der Waals surface area contributed by atoms with Crippen LogP contribution in [0, 0.1) is 6.92 Å². The molecule has 0 aliphatic carbocycles. The summed E-state index contributed by atoms with van der Waals surface area (Å²) in [6, 6.07) is 6.24. The molecule has 0 atom stereocenters. The summed E-state index contributed by atoms with van der Waals surface area (Å²) in [5, 5.41) is 11.1. The monoisotopic (exact) mass is 280 g/mol. The van der Waals surface area contributed by atoms with Crippen LogP contribution in [0.4, 0.5) is 5.69 Å². The summed E-state index contributed by atoms with van der Waals surface area (Å²) in [6.45, 7) is 2.79. The van der Waals surface area contributed by atoms with Crippen molar-refractivity contribution in [2.45, 2.75) is 13.5 Å². The van der Waals surface area contributed by atoms with Gasteiger partial charge in [0.05, 0.1) is 18.4 Å². The number of hydrogen-bond acceptors (Lipinski definition) is 3. The van der Waals surface area contributed by atoms with Crippen LogP contribution in [0.1, 0.15) is 11.3 Å². The van der Waals surface area contributed by atoms with Crippen molar-refractivity contribution >= 4 is 21.6 Å². The van der Waals surface area contributed by atoms with E-state index >= 15 is 0 Å². The van der Waals surface area contributed by atoms with Crippen LogP contribution < -0.4 is 5.32 Å². The topological polar surface area (TPSA) is 42.7 Å². The van der Waals surface area contributed by atoms with Crippen molar-refractivity contribution in [2.75, 3.05) is 5.32 Å². The Labute approximate surface area is 103 Å². The van der Waals surface area contributed by atoms with Crippen LogP contribution >= 0.6 is 15.9 Å². The predicted molar refractivity (Wildman–Crippen MR) is 67.2 cm³/mol. The molecule has 1 aromatic heterocycles. The van der Waals surface area contributed by atoms with Gasteiger partial charge in [0.15, 0.2) is 0 Å². The highest BCUT2D eigenvalue weighted by Gasteiger charge is 2.00. The van der Waals surface area contributed by atoms with Crippen LogP contribution in [0.5, 0.6) is 0 Å². The number of rotatable bonds is 3. The van der Waals surface area contributed by atoms with Crippen molar-refractivity contribution in [1.82, 2.24) is 15.0 Å². The third-order valence-corrected chi connectivity index (χ3v) is 2.78. The molecule has 16 heavy (non-hydrogen) atoms. The van der Waals surface area contributed by atoms with E-state index in [1.165, 1.54) is 5.56 Å². The molecule has 2 rings (SSSR count). The summed E-state index contributed by atoms with van der Waals surface area (Å²) in [6.07, 6.45) is 1.76. The molecule has 0 aliphatic heterocycles. The lowest BCUT2D eigenvalue weighted by atomic mass is 10.2. The molecule has 0 amide bonds. The highest BCUT2D eigenvalue weighted by molar-refractivity contribution is 9.10. The van der Waals surface area contributed by atoms with E-state index < -0.39 is 0 Å². The summed E-state index contributed by atoms with van der Waals surface area (Å²) in [5.41, 5.74) is 3.37. The van der Waals surface area contributed by atoms with Gasteiger partial charge in [-0.3, -0.25) is 4.68 Å². The average molecular weight is 281 g/mol. The first-order valence-electron chi connectivity index (χ1n) is 5.00. The van der Waals surface area contributed by atoms with E-state index in [4.69, 9.17) is 0 Å². The van der Waals surface area contributed by atoms with Gasteiger partial charge in [-0.15, -0.1) is 5.10 Å². The third-order valence-electron chi connectivity index (χ3n) is 2.32. The zero-order valence-corrected chi connectivity index (χ0v) is 10.8. The van der Waals surface area contributed by atoms with E-state index in [0.29, 0.717) is 0 Å². The lowest BCUT2D eigenvalue weighted by molar-refractivity contribution is 0.683. The Hall–Kier alpha value is -1.36. The number of nitrogens with one attached hydrogen (secondary N) is 1. The standard InChI is InChI=1S/C11H13BrN4/c1-8-3-9(12)5-10(4-8)13-6-11-7-14-15-16(11)2/h3-5,7,13H,6H2,1-2H3. The first-order chi connectivity index (χ1) is 7.65. The fraction of sp³-hybridized carbons (Fsp3) is 0.273. The lowest BCUT2D eigenvalue weighted by Crippen LogP contribution is -2.05. The zero-order chi connectivity index (χ0) is 11.5. The van der Waals surface area contributed by atoms with Crippen molar-refractivity contribution in [3.63, 3.8) is 0 Å². The Morgan fingerprint density at radius 3 is 2.81 bits per heavy atom. The van der Waals surface area contributed by atoms with Gasteiger partial charge in [-0.1, -0.05) is 21.1 Å². The average Bonchev–Trinajstić information content (AvgIpc) is 2.59. The van der Waals surface area contributed by atoms with E-state index in [-0.39, 0.29) is 0 Å². The fourth-order valence-corrected chi connectivity index (χ4v) is 2.11. The predicted octanol–water partition coefficient (Wildman–Crippen LogP) is 2.50. The summed E-state index contributed by atoms with van der Waals surface area (Å²) < 4.78 is 2.84. The van der Waals surface area contributed by atoms with Gasteiger partial charge in [-0.25, -0.2) is 0 Å². The number of nitrogens with zero attached hydrogens (tertiary/aromatic N) is 3. The van der Waals surface area contributed by atoms with Gasteiger partial charge in [-0.05, 0) is 30.7 Å². The van der Waals surface area contributed by atoms with Crippen molar-refractivity contribution < 1.29 is 0 Å². The molecule has 2 aromatic rings. The summed E-state index contributed by atoms with van der Waals surface area (Å²) in [7, 11) is 1.89. The Morgan fingerprint density at radius 2 is 2.19 bits per heavy atom. The molecule has 1 heterocycles. The normalized spacial score (nSPS) is 10.4. The van der Waals surface area contributed by atoms with Gasteiger partial charge in [0, 0.05) is 17.2 Å². The van der Waals surface area contributed by atoms with Crippen molar-refractivity contribution in [2.24, 2.45) is 7.05 Å². The van der Waals surface area contributed by atoms with Gasteiger partial charge in [0.25, 0.3) is 0 Å². The first-order valence-corrected chi connectivity index (χ1v) is 5.79. The van der Waals surface area contributed by atoms with E-state index in [2.05, 4.69) is 56.7 Å². The number of anilines is 1. The molecule has 1 aromatic carbocycles. The number of aryl methyl sites for hydroxylation is 2. The van der Waals surface area contributed by atoms with Crippen LogP contribution in [0.3, 0.4) is 0 Å². The number of aromatic nitrogens is 3. The van der Waals surface area contributed by atoms with Gasteiger partial charge >= 0.3 is 0 Å². The first kappa shape index (κ1) is 11.1. The number of hydrogen-bond donors (Lipinski definition) is 1. The highest BCUT2D eigenvalue weighted by atomic mass is 79.9. The van der Waals surface area contributed by atoms with Crippen LogP contribution in [-0.4, -0.2) is 15.0 Å². The van der Waals surface area contributed by atoms with E-state index in [0.717, 1.165) is 22.4 Å². The third kappa shape index (κ3) is 2.61. The Kier molecular flexibility index (Phi) is 3.24. The van der Waals surface area contributed by atoms with Gasteiger partial charge in [-0.2, -0.15) is 0 Å². The molecular formula is C11H13BrN4. The number of benzene rings is 1. The van der Waals surface area contributed by atoms with Crippen LogP contribution in [0.2, 0.25) is 0 Å². The Balaban J connectivity index is 2.07. The molecular weight excluding hydrogens is 268 g/mol. The molecule has 0 fully saturated rings. The molecule has 0 bridgehead atoms. The molecule has 0 saturated carbocycles. The maximum atomic E-state index is 3.88. The van der Waals surface area contributed by atoms with Gasteiger partial charge < -0.3 is 5.32 Å². The zero-order valence-electron chi connectivity index (χ0n) is 9.24. The maximum absolute atomic E-state index is 3.88. The summed E-state index contributed by atoms with van der Waals surface area (Å²) >= 11 is 3.48. The molecule has 0 spiro atoms. The minimum atomic E-state index is 0.722. The Morgan fingerprint density at radius 1 is 1.38 bits per heavy atom. The van der Waals surface area contributed by atoms with Crippen molar-refractivity contribution in [3.05, 3.63) is 40.1 Å². The second kappa shape index (κ2) is 4.65. The molecule has 0 unspecified atom stereocenters. The van der Waals surface area contributed by atoms with Crippen LogP contribution in [0.25, 0.3) is 0 Å². The largest absolute Gasteiger partial charge is 0.379 e. The van der Waals surface area contributed by atoms with Crippen LogP contribution in [-0.2, 0) is 13.6 Å². The molecule has 1 N–H and O–H groups in total.